The number of aromatic amines is 1. The molecule has 0 spiro atoms. The fourth-order valence-corrected chi connectivity index (χ4v) is 2.00. The van der Waals surface area contributed by atoms with Crippen LogP contribution in [0.25, 0.3) is 11.6 Å². The summed E-state index contributed by atoms with van der Waals surface area (Å²) >= 11 is 0. The minimum absolute atomic E-state index is 0.396. The Hall–Kier alpha value is -2.39. The number of hydrogen-bond donors (Lipinski definition) is 3. The van der Waals surface area contributed by atoms with Crippen molar-refractivity contribution < 1.29 is 13.9 Å². The molecule has 2 aromatic rings. The summed E-state index contributed by atoms with van der Waals surface area (Å²) in [5, 5.41) is 13.5. The number of nitrogens with one attached hydrogen (secondary N) is 3. The van der Waals surface area contributed by atoms with E-state index in [1.807, 2.05) is 13.0 Å². The molecule has 0 bridgehead atoms. The molecule has 0 amide bonds. The molecule has 2 rings (SSSR count). The van der Waals surface area contributed by atoms with Gasteiger partial charge < -0.3 is 24.5 Å². The van der Waals surface area contributed by atoms with Gasteiger partial charge in [-0.25, -0.2) is 9.98 Å². The molecule has 0 unspecified atom stereocenters. The van der Waals surface area contributed by atoms with Crippen molar-refractivity contribution in [3.63, 3.8) is 0 Å². The standard InChI is InChI=1S/C16H26N6O3/c1-3-17-16(18-7-5-8-24-11-10-23-2)19-12-14-20-15(22-21-14)13-6-4-9-25-13/h4,6,9H,3,5,7-8,10-12H2,1-2H3,(H2,17,18,19)(H,20,21,22). The molecular formula is C16H26N6O3. The predicted molar refractivity (Wildman–Crippen MR) is 94.2 cm³/mol. The number of ether oxygens (including phenoxy) is 2. The summed E-state index contributed by atoms with van der Waals surface area (Å²) < 4.78 is 15.6. The van der Waals surface area contributed by atoms with Crippen LogP contribution in [0.15, 0.2) is 27.8 Å². The van der Waals surface area contributed by atoms with Gasteiger partial charge in [0, 0.05) is 26.8 Å². The van der Waals surface area contributed by atoms with Crippen LogP contribution < -0.4 is 10.6 Å². The molecule has 9 nitrogen and oxygen atoms in total. The third-order valence-corrected chi connectivity index (χ3v) is 3.19. The molecule has 0 aliphatic heterocycles. The van der Waals surface area contributed by atoms with Crippen LogP contribution in [0.5, 0.6) is 0 Å². The highest BCUT2D eigenvalue weighted by molar-refractivity contribution is 5.79. The van der Waals surface area contributed by atoms with Crippen molar-refractivity contribution in [3.05, 3.63) is 24.2 Å². The monoisotopic (exact) mass is 350 g/mol. The third kappa shape index (κ3) is 6.94. The van der Waals surface area contributed by atoms with Gasteiger partial charge in [-0.1, -0.05) is 0 Å². The highest BCUT2D eigenvalue weighted by Gasteiger charge is 2.08. The van der Waals surface area contributed by atoms with E-state index in [1.165, 1.54) is 0 Å². The van der Waals surface area contributed by atoms with Crippen molar-refractivity contribution in [3.8, 4) is 11.6 Å². The van der Waals surface area contributed by atoms with Gasteiger partial charge in [0.15, 0.2) is 11.7 Å². The summed E-state index contributed by atoms with van der Waals surface area (Å²) in [6.45, 7) is 5.90. The number of nitrogens with zero attached hydrogens (tertiary/aromatic N) is 3. The third-order valence-electron chi connectivity index (χ3n) is 3.19. The van der Waals surface area contributed by atoms with Gasteiger partial charge in [0.1, 0.15) is 12.4 Å². The topological polar surface area (TPSA) is 110 Å². The second-order valence-corrected chi connectivity index (χ2v) is 5.16. The molecule has 0 fully saturated rings. The number of hydrogen-bond acceptors (Lipinski definition) is 6. The molecule has 0 saturated heterocycles. The summed E-state index contributed by atoms with van der Waals surface area (Å²) in [7, 11) is 1.66. The Labute approximate surface area is 147 Å². The molecular weight excluding hydrogens is 324 g/mol. The zero-order chi connectivity index (χ0) is 17.7. The van der Waals surface area contributed by atoms with Gasteiger partial charge in [-0.3, -0.25) is 5.10 Å². The van der Waals surface area contributed by atoms with Crippen molar-refractivity contribution in [2.45, 2.75) is 19.9 Å². The fraction of sp³-hybridized carbons (Fsp3) is 0.562. The van der Waals surface area contributed by atoms with E-state index in [-0.39, 0.29) is 0 Å². The van der Waals surface area contributed by atoms with Crippen molar-refractivity contribution in [1.29, 1.82) is 0 Å². The Kier molecular flexibility index (Phi) is 8.50. The molecule has 138 valence electrons. The van der Waals surface area contributed by atoms with E-state index in [1.54, 1.807) is 19.4 Å². The maximum absolute atomic E-state index is 5.43. The van der Waals surface area contributed by atoms with Crippen molar-refractivity contribution >= 4 is 5.96 Å². The maximum Gasteiger partial charge on any atom is 0.216 e. The highest BCUT2D eigenvalue weighted by atomic mass is 16.5. The first kappa shape index (κ1) is 18.9. The minimum Gasteiger partial charge on any atom is -0.461 e. The van der Waals surface area contributed by atoms with E-state index >= 15 is 0 Å². The van der Waals surface area contributed by atoms with Gasteiger partial charge in [0.2, 0.25) is 5.82 Å². The smallest absolute Gasteiger partial charge is 0.216 e. The Morgan fingerprint density at radius 2 is 2.24 bits per heavy atom. The van der Waals surface area contributed by atoms with Crippen LogP contribution in [-0.2, 0) is 16.0 Å². The van der Waals surface area contributed by atoms with Crippen LogP contribution in [0.3, 0.4) is 0 Å². The largest absolute Gasteiger partial charge is 0.461 e. The summed E-state index contributed by atoms with van der Waals surface area (Å²) in [6, 6.07) is 3.62. The lowest BCUT2D eigenvalue weighted by atomic mass is 10.4. The molecule has 0 aliphatic carbocycles. The van der Waals surface area contributed by atoms with Crippen LogP contribution in [0.1, 0.15) is 19.2 Å². The minimum atomic E-state index is 0.396. The quantitative estimate of drug-likeness (QED) is 0.317. The van der Waals surface area contributed by atoms with Gasteiger partial charge in [0.25, 0.3) is 0 Å². The van der Waals surface area contributed by atoms with Crippen LogP contribution in [0, 0.1) is 0 Å². The molecule has 0 saturated carbocycles. The molecule has 0 aliphatic rings. The van der Waals surface area contributed by atoms with Crippen LogP contribution >= 0.6 is 0 Å². The van der Waals surface area contributed by atoms with Crippen LogP contribution in [0.4, 0.5) is 0 Å². The first-order chi connectivity index (χ1) is 12.3. The first-order valence-electron chi connectivity index (χ1n) is 8.37. The van der Waals surface area contributed by atoms with Crippen LogP contribution in [-0.4, -0.2) is 61.2 Å². The highest BCUT2D eigenvalue weighted by Crippen LogP contribution is 2.14. The van der Waals surface area contributed by atoms with Gasteiger partial charge in [-0.2, -0.15) is 0 Å². The molecule has 3 N–H and O–H groups in total. The number of methoxy groups -OCH3 is 1. The van der Waals surface area contributed by atoms with Crippen LogP contribution in [0.2, 0.25) is 0 Å². The Morgan fingerprint density at radius 3 is 3.00 bits per heavy atom. The van der Waals surface area contributed by atoms with Gasteiger partial charge >= 0.3 is 0 Å². The zero-order valence-corrected chi connectivity index (χ0v) is 14.7. The summed E-state index contributed by atoms with van der Waals surface area (Å²) in [5.74, 6) is 2.56. The lowest BCUT2D eigenvalue weighted by Gasteiger charge is -2.11. The van der Waals surface area contributed by atoms with E-state index in [4.69, 9.17) is 13.9 Å². The second-order valence-electron chi connectivity index (χ2n) is 5.16. The second kappa shape index (κ2) is 11.2. The Morgan fingerprint density at radius 1 is 1.32 bits per heavy atom. The number of H-pyrrole nitrogens is 1. The average molecular weight is 350 g/mol. The average Bonchev–Trinajstić information content (AvgIpc) is 3.30. The number of aromatic nitrogens is 3. The molecule has 0 atom stereocenters. The molecule has 9 heteroatoms. The number of furan rings is 1. The molecule has 25 heavy (non-hydrogen) atoms. The van der Waals surface area contributed by atoms with E-state index in [0.29, 0.717) is 43.8 Å². The Bertz CT molecular complexity index is 611. The van der Waals surface area contributed by atoms with Gasteiger partial charge in [-0.15, -0.1) is 5.10 Å². The molecule has 0 radical (unpaired) electrons. The molecule has 2 heterocycles. The lowest BCUT2D eigenvalue weighted by molar-refractivity contribution is 0.0698. The number of aliphatic imine (C=N–C) groups is 1. The summed E-state index contributed by atoms with van der Waals surface area (Å²) in [4.78, 5) is 8.86. The number of rotatable bonds is 11. The molecule has 2 aromatic heterocycles. The van der Waals surface area contributed by atoms with Gasteiger partial charge in [-0.05, 0) is 25.5 Å². The normalized spacial score (nSPS) is 11.7. The first-order valence-corrected chi connectivity index (χ1v) is 8.37. The predicted octanol–water partition coefficient (Wildman–Crippen LogP) is 1.17. The SMILES string of the molecule is CCNC(=NCc1nc(-c2ccco2)n[nH]1)NCCCOCCOC. The van der Waals surface area contributed by atoms with E-state index < -0.39 is 0 Å². The lowest BCUT2D eigenvalue weighted by Crippen LogP contribution is -2.38. The summed E-state index contributed by atoms with van der Waals surface area (Å²) in [6.07, 6.45) is 2.48. The molecule has 0 aromatic carbocycles. The fourth-order valence-electron chi connectivity index (χ4n) is 2.00. The summed E-state index contributed by atoms with van der Waals surface area (Å²) in [5.41, 5.74) is 0. The number of guanidine groups is 1. The van der Waals surface area contributed by atoms with Gasteiger partial charge in [0.05, 0.1) is 19.5 Å². The van der Waals surface area contributed by atoms with Crippen molar-refractivity contribution in [2.24, 2.45) is 4.99 Å². The maximum atomic E-state index is 5.43. The van der Waals surface area contributed by atoms with E-state index in [0.717, 1.165) is 25.5 Å². The van der Waals surface area contributed by atoms with E-state index in [2.05, 4.69) is 30.8 Å². The van der Waals surface area contributed by atoms with Crippen molar-refractivity contribution in [2.75, 3.05) is 40.0 Å². The Balaban J connectivity index is 1.75. The van der Waals surface area contributed by atoms with E-state index in [9.17, 15) is 0 Å². The zero-order valence-electron chi connectivity index (χ0n) is 14.7. The van der Waals surface area contributed by atoms with Crippen molar-refractivity contribution in [1.82, 2.24) is 25.8 Å².